The second-order valence-corrected chi connectivity index (χ2v) is 7.80. The fourth-order valence-corrected chi connectivity index (χ4v) is 3.81. The van der Waals surface area contributed by atoms with Crippen LogP contribution in [0.15, 0.2) is 89.1 Å². The summed E-state index contributed by atoms with van der Waals surface area (Å²) in [5.41, 5.74) is 5.01. The normalized spacial score (nSPS) is 10.9. The van der Waals surface area contributed by atoms with Crippen LogP contribution < -0.4 is 10.2 Å². The van der Waals surface area contributed by atoms with Crippen molar-refractivity contribution in [1.82, 2.24) is 20.2 Å². The van der Waals surface area contributed by atoms with Gasteiger partial charge in [-0.15, -0.1) is 10.2 Å². The van der Waals surface area contributed by atoms with E-state index in [0.29, 0.717) is 22.3 Å². The van der Waals surface area contributed by atoms with E-state index in [4.69, 9.17) is 4.74 Å². The lowest BCUT2D eigenvalue weighted by atomic mass is 10.2. The molecule has 0 atom stereocenters. The number of nitrogens with one attached hydrogen (secondary N) is 1. The molecule has 4 aromatic rings. The summed E-state index contributed by atoms with van der Waals surface area (Å²) in [5, 5.41) is 22.9. The van der Waals surface area contributed by atoms with Crippen molar-refractivity contribution < 1.29 is 14.6 Å². The molecular formula is C24H21N5O3S. The third kappa shape index (κ3) is 5.39. The van der Waals surface area contributed by atoms with Gasteiger partial charge in [0.1, 0.15) is 0 Å². The first-order valence-corrected chi connectivity index (χ1v) is 11.0. The third-order valence-corrected chi connectivity index (χ3v) is 5.55. The van der Waals surface area contributed by atoms with Gasteiger partial charge in [0.2, 0.25) is 0 Å². The van der Waals surface area contributed by atoms with Gasteiger partial charge < -0.3 is 9.84 Å². The maximum Gasteiger partial charge on any atom is 0.250 e. The van der Waals surface area contributed by atoms with Crippen LogP contribution in [-0.2, 0) is 4.79 Å². The standard InChI is InChI=1S/C24H21N5O3S/c1-32-21-14-17(12-13-20(21)30)15-25-26-22(31)16-33-24-28-27-23(18-8-4-2-5-9-18)29(24)19-10-6-3-7-11-19/h2-15,30H,16H2,1H3,(H,26,31). The summed E-state index contributed by atoms with van der Waals surface area (Å²) in [6.45, 7) is 0. The molecular weight excluding hydrogens is 438 g/mol. The Bertz CT molecular complexity index is 1260. The minimum Gasteiger partial charge on any atom is -0.504 e. The molecule has 1 aromatic heterocycles. The molecule has 0 saturated heterocycles. The van der Waals surface area contributed by atoms with Crippen LogP contribution in [0.2, 0.25) is 0 Å². The van der Waals surface area contributed by atoms with E-state index in [2.05, 4.69) is 20.7 Å². The zero-order chi connectivity index (χ0) is 23.0. The van der Waals surface area contributed by atoms with Crippen LogP contribution >= 0.6 is 11.8 Å². The molecule has 33 heavy (non-hydrogen) atoms. The highest BCUT2D eigenvalue weighted by molar-refractivity contribution is 7.99. The lowest BCUT2D eigenvalue weighted by Crippen LogP contribution is -2.20. The summed E-state index contributed by atoms with van der Waals surface area (Å²) in [5.74, 6) is 0.883. The number of hydrogen-bond acceptors (Lipinski definition) is 7. The van der Waals surface area contributed by atoms with Crippen molar-refractivity contribution >= 4 is 23.9 Å². The molecule has 4 rings (SSSR count). The van der Waals surface area contributed by atoms with Gasteiger partial charge in [0.15, 0.2) is 22.5 Å². The maximum atomic E-state index is 12.3. The summed E-state index contributed by atoms with van der Waals surface area (Å²) in [6.07, 6.45) is 1.48. The highest BCUT2D eigenvalue weighted by Crippen LogP contribution is 2.28. The van der Waals surface area contributed by atoms with Crippen LogP contribution in [-0.4, -0.2) is 44.9 Å². The molecule has 0 saturated carbocycles. The fourth-order valence-electron chi connectivity index (χ4n) is 3.06. The Morgan fingerprint density at radius 2 is 1.82 bits per heavy atom. The Balaban J connectivity index is 1.46. The van der Waals surface area contributed by atoms with Gasteiger partial charge in [-0.25, -0.2) is 5.43 Å². The quantitative estimate of drug-likeness (QED) is 0.235. The number of carbonyl (C=O) groups excluding carboxylic acids is 1. The SMILES string of the molecule is COc1cc(C=NNC(=O)CSc2nnc(-c3ccccc3)n2-c2ccccc2)ccc1O. The molecule has 0 unspecified atom stereocenters. The van der Waals surface area contributed by atoms with Gasteiger partial charge in [0, 0.05) is 11.3 Å². The zero-order valence-electron chi connectivity index (χ0n) is 17.8. The number of para-hydroxylation sites is 1. The zero-order valence-corrected chi connectivity index (χ0v) is 18.6. The molecule has 8 nitrogen and oxygen atoms in total. The summed E-state index contributed by atoms with van der Waals surface area (Å²) < 4.78 is 6.99. The first-order chi connectivity index (χ1) is 16.2. The Hall–Kier alpha value is -4.11. The van der Waals surface area contributed by atoms with Crippen molar-refractivity contribution in [2.24, 2.45) is 5.10 Å². The van der Waals surface area contributed by atoms with Crippen LogP contribution in [0.4, 0.5) is 0 Å². The maximum absolute atomic E-state index is 12.3. The van der Waals surface area contributed by atoms with Crippen molar-refractivity contribution in [2.75, 3.05) is 12.9 Å². The number of benzene rings is 3. The van der Waals surface area contributed by atoms with Crippen LogP contribution in [0.25, 0.3) is 17.1 Å². The average molecular weight is 460 g/mol. The lowest BCUT2D eigenvalue weighted by molar-refractivity contribution is -0.118. The summed E-state index contributed by atoms with van der Waals surface area (Å²) in [7, 11) is 1.46. The molecule has 0 aliphatic carbocycles. The average Bonchev–Trinajstić information content (AvgIpc) is 3.29. The Labute approximate surface area is 194 Å². The molecule has 0 aliphatic heterocycles. The third-order valence-electron chi connectivity index (χ3n) is 4.62. The van der Waals surface area contributed by atoms with E-state index in [1.165, 1.54) is 31.2 Å². The van der Waals surface area contributed by atoms with E-state index in [-0.39, 0.29) is 17.4 Å². The number of ether oxygens (including phenoxy) is 1. The number of carbonyl (C=O) groups is 1. The summed E-state index contributed by atoms with van der Waals surface area (Å²) in [4.78, 5) is 12.3. The number of hydrazone groups is 1. The minimum absolute atomic E-state index is 0.0347. The molecule has 0 spiro atoms. The highest BCUT2D eigenvalue weighted by Gasteiger charge is 2.17. The van der Waals surface area contributed by atoms with Crippen LogP contribution in [0.1, 0.15) is 5.56 Å². The molecule has 0 fully saturated rings. The number of methoxy groups -OCH3 is 1. The predicted octanol–water partition coefficient (Wildman–Crippen LogP) is 3.89. The van der Waals surface area contributed by atoms with Crippen LogP contribution in [0.3, 0.4) is 0 Å². The molecule has 3 aromatic carbocycles. The molecule has 2 N–H and O–H groups in total. The number of aromatic nitrogens is 3. The molecule has 0 radical (unpaired) electrons. The molecule has 1 amide bonds. The number of rotatable bonds is 8. The van der Waals surface area contributed by atoms with Gasteiger partial charge in [-0.05, 0) is 35.9 Å². The topological polar surface area (TPSA) is 102 Å². The largest absolute Gasteiger partial charge is 0.504 e. The van der Waals surface area contributed by atoms with E-state index in [9.17, 15) is 9.90 Å². The molecule has 0 aliphatic rings. The van der Waals surface area contributed by atoms with Crippen molar-refractivity contribution in [3.05, 3.63) is 84.4 Å². The van der Waals surface area contributed by atoms with Gasteiger partial charge in [-0.3, -0.25) is 9.36 Å². The summed E-state index contributed by atoms with van der Waals surface area (Å²) >= 11 is 1.27. The Morgan fingerprint density at radius 1 is 1.09 bits per heavy atom. The van der Waals surface area contributed by atoms with E-state index in [1.54, 1.807) is 12.1 Å². The van der Waals surface area contributed by atoms with E-state index >= 15 is 0 Å². The van der Waals surface area contributed by atoms with Crippen molar-refractivity contribution in [1.29, 1.82) is 0 Å². The minimum atomic E-state index is -0.286. The van der Waals surface area contributed by atoms with Crippen molar-refractivity contribution in [2.45, 2.75) is 5.16 Å². The van der Waals surface area contributed by atoms with E-state index in [1.807, 2.05) is 65.2 Å². The number of hydrogen-bond donors (Lipinski definition) is 2. The predicted molar refractivity (Wildman–Crippen MR) is 128 cm³/mol. The molecule has 1 heterocycles. The second kappa shape index (κ2) is 10.5. The Kier molecular flexibility index (Phi) is 7.01. The Morgan fingerprint density at radius 3 is 2.55 bits per heavy atom. The smallest absolute Gasteiger partial charge is 0.250 e. The van der Waals surface area contributed by atoms with Gasteiger partial charge in [0.05, 0.1) is 19.1 Å². The van der Waals surface area contributed by atoms with Gasteiger partial charge in [0.25, 0.3) is 5.91 Å². The first-order valence-electron chi connectivity index (χ1n) is 10.0. The number of amides is 1. The highest BCUT2D eigenvalue weighted by atomic mass is 32.2. The number of thioether (sulfide) groups is 1. The second-order valence-electron chi connectivity index (χ2n) is 6.86. The van der Waals surface area contributed by atoms with Crippen LogP contribution in [0.5, 0.6) is 11.5 Å². The van der Waals surface area contributed by atoms with Gasteiger partial charge >= 0.3 is 0 Å². The van der Waals surface area contributed by atoms with Gasteiger partial charge in [-0.1, -0.05) is 60.3 Å². The van der Waals surface area contributed by atoms with E-state index < -0.39 is 0 Å². The van der Waals surface area contributed by atoms with Gasteiger partial charge in [-0.2, -0.15) is 5.10 Å². The van der Waals surface area contributed by atoms with Crippen LogP contribution in [0, 0.1) is 0 Å². The molecule has 166 valence electrons. The molecule has 9 heteroatoms. The fraction of sp³-hybridized carbons (Fsp3) is 0.0833. The number of phenols is 1. The van der Waals surface area contributed by atoms with E-state index in [0.717, 1.165) is 11.3 Å². The van der Waals surface area contributed by atoms with Crippen molar-refractivity contribution in [3.63, 3.8) is 0 Å². The summed E-state index contributed by atoms with van der Waals surface area (Å²) in [6, 6.07) is 24.3. The molecule has 0 bridgehead atoms. The lowest BCUT2D eigenvalue weighted by Gasteiger charge is -2.10. The van der Waals surface area contributed by atoms with Crippen molar-refractivity contribution in [3.8, 4) is 28.6 Å². The monoisotopic (exact) mass is 459 g/mol. The number of phenolic OH excluding ortho intramolecular Hbond substituents is 1. The number of nitrogens with zero attached hydrogens (tertiary/aromatic N) is 4. The number of aromatic hydroxyl groups is 1. The first kappa shape index (κ1) is 22.1.